The summed E-state index contributed by atoms with van der Waals surface area (Å²) in [5, 5.41) is 0. The molecule has 0 atom stereocenters. The van der Waals surface area contributed by atoms with Crippen molar-refractivity contribution in [3.8, 4) is 17.0 Å². The van der Waals surface area contributed by atoms with Gasteiger partial charge in [-0.1, -0.05) is 6.07 Å². The first-order valence-electron chi connectivity index (χ1n) is 7.68. The maximum Gasteiger partial charge on any atom is 0.244 e. The molecule has 2 aromatic heterocycles. The number of pyridine rings is 2. The first-order valence-corrected chi connectivity index (χ1v) is 9.16. The van der Waals surface area contributed by atoms with Gasteiger partial charge in [0.15, 0.2) is 0 Å². The smallest absolute Gasteiger partial charge is 0.244 e. The highest BCUT2D eigenvalue weighted by atomic mass is 32.2. The lowest BCUT2D eigenvalue weighted by molar-refractivity contribution is 0.400. The summed E-state index contributed by atoms with van der Waals surface area (Å²) in [6.45, 7) is 0.0162. The van der Waals surface area contributed by atoms with Gasteiger partial charge in [0.1, 0.15) is 16.5 Å². The van der Waals surface area contributed by atoms with Crippen molar-refractivity contribution in [3.05, 3.63) is 72.4 Å². The third kappa shape index (κ3) is 4.04. The second kappa shape index (κ2) is 7.59. The lowest BCUT2D eigenvalue weighted by Gasteiger charge is -2.11. The number of halogens is 1. The van der Waals surface area contributed by atoms with Crippen LogP contribution in [0.25, 0.3) is 11.3 Å². The Hall–Kier alpha value is -2.84. The minimum absolute atomic E-state index is 0.0162. The first-order chi connectivity index (χ1) is 12.5. The Bertz CT molecular complexity index is 994. The normalized spacial score (nSPS) is 11.3. The molecule has 0 spiro atoms. The van der Waals surface area contributed by atoms with Crippen LogP contribution in [0.15, 0.2) is 66.0 Å². The van der Waals surface area contributed by atoms with Crippen LogP contribution >= 0.6 is 0 Å². The molecule has 0 unspecified atom stereocenters. The standard InChI is InChI=1S/C18H16FN3O3S/c1-25-17-7-5-15(19)9-18(17)26(23,24)22-11-13-4-6-16(21-10-13)14-3-2-8-20-12-14/h2-10,12,22H,11H2,1H3. The second-order valence-corrected chi connectivity index (χ2v) is 7.15. The van der Waals surface area contributed by atoms with Crippen LogP contribution in [0, 0.1) is 5.82 Å². The van der Waals surface area contributed by atoms with Gasteiger partial charge in [0.25, 0.3) is 0 Å². The van der Waals surface area contributed by atoms with E-state index in [0.29, 0.717) is 5.56 Å². The lowest BCUT2D eigenvalue weighted by atomic mass is 10.1. The van der Waals surface area contributed by atoms with E-state index in [1.165, 1.54) is 13.2 Å². The summed E-state index contributed by atoms with van der Waals surface area (Å²) < 4.78 is 45.7. The van der Waals surface area contributed by atoms with E-state index in [9.17, 15) is 12.8 Å². The molecular formula is C18H16FN3O3S. The molecule has 0 saturated heterocycles. The summed E-state index contributed by atoms with van der Waals surface area (Å²) in [5.41, 5.74) is 2.26. The molecule has 26 heavy (non-hydrogen) atoms. The number of hydrogen-bond acceptors (Lipinski definition) is 5. The van der Waals surface area contributed by atoms with Crippen LogP contribution in [-0.2, 0) is 16.6 Å². The molecule has 3 aromatic rings. The van der Waals surface area contributed by atoms with E-state index < -0.39 is 15.8 Å². The molecule has 0 radical (unpaired) electrons. The Morgan fingerprint density at radius 1 is 1.15 bits per heavy atom. The van der Waals surface area contributed by atoms with Crippen molar-refractivity contribution >= 4 is 10.0 Å². The number of benzene rings is 1. The van der Waals surface area contributed by atoms with Crippen molar-refractivity contribution in [1.82, 2.24) is 14.7 Å². The van der Waals surface area contributed by atoms with Crippen LogP contribution in [0.4, 0.5) is 4.39 Å². The Morgan fingerprint density at radius 2 is 2.00 bits per heavy atom. The van der Waals surface area contributed by atoms with Gasteiger partial charge in [0.2, 0.25) is 10.0 Å². The number of sulfonamides is 1. The number of hydrogen-bond donors (Lipinski definition) is 1. The zero-order valence-corrected chi connectivity index (χ0v) is 14.7. The number of nitrogens with one attached hydrogen (secondary N) is 1. The molecular weight excluding hydrogens is 357 g/mol. The predicted octanol–water partition coefficient (Wildman–Crippen LogP) is 2.77. The van der Waals surface area contributed by atoms with E-state index >= 15 is 0 Å². The summed E-state index contributed by atoms with van der Waals surface area (Å²) in [7, 11) is -2.61. The largest absolute Gasteiger partial charge is 0.495 e. The van der Waals surface area contributed by atoms with Gasteiger partial charge in [-0.25, -0.2) is 17.5 Å². The maximum atomic E-state index is 13.4. The number of methoxy groups -OCH3 is 1. The summed E-state index contributed by atoms with van der Waals surface area (Å²) in [6.07, 6.45) is 4.95. The minimum atomic E-state index is -3.94. The lowest BCUT2D eigenvalue weighted by Crippen LogP contribution is -2.24. The van der Waals surface area contributed by atoms with Crippen LogP contribution in [0.1, 0.15) is 5.56 Å². The Morgan fingerprint density at radius 3 is 2.65 bits per heavy atom. The summed E-state index contributed by atoms with van der Waals surface area (Å²) >= 11 is 0. The average molecular weight is 373 g/mol. The average Bonchev–Trinajstić information content (AvgIpc) is 2.67. The Balaban J connectivity index is 1.75. The van der Waals surface area contributed by atoms with Gasteiger partial charge in [-0.05, 0) is 42.0 Å². The van der Waals surface area contributed by atoms with Crippen LogP contribution in [0.3, 0.4) is 0 Å². The molecule has 0 aliphatic heterocycles. The zero-order chi connectivity index (χ0) is 18.6. The molecule has 1 N–H and O–H groups in total. The van der Waals surface area contributed by atoms with Gasteiger partial charge in [-0.3, -0.25) is 9.97 Å². The van der Waals surface area contributed by atoms with E-state index in [0.717, 1.165) is 23.4 Å². The highest BCUT2D eigenvalue weighted by Gasteiger charge is 2.20. The van der Waals surface area contributed by atoms with Gasteiger partial charge in [-0.15, -0.1) is 0 Å². The summed E-state index contributed by atoms with van der Waals surface area (Å²) in [4.78, 5) is 8.10. The molecule has 1 aromatic carbocycles. The van der Waals surface area contributed by atoms with Gasteiger partial charge in [0.05, 0.1) is 12.8 Å². The van der Waals surface area contributed by atoms with E-state index in [1.807, 2.05) is 12.1 Å². The molecule has 8 heteroatoms. The van der Waals surface area contributed by atoms with Crippen molar-refractivity contribution < 1.29 is 17.5 Å². The number of aromatic nitrogens is 2. The van der Waals surface area contributed by atoms with Gasteiger partial charge < -0.3 is 4.74 Å². The SMILES string of the molecule is COc1ccc(F)cc1S(=O)(=O)NCc1ccc(-c2cccnc2)nc1. The van der Waals surface area contributed by atoms with E-state index in [2.05, 4.69) is 14.7 Å². The van der Waals surface area contributed by atoms with Crippen LogP contribution < -0.4 is 9.46 Å². The molecule has 0 saturated carbocycles. The van der Waals surface area contributed by atoms with Crippen LogP contribution in [0.2, 0.25) is 0 Å². The van der Waals surface area contributed by atoms with Gasteiger partial charge >= 0.3 is 0 Å². The van der Waals surface area contributed by atoms with Crippen LogP contribution in [0.5, 0.6) is 5.75 Å². The molecule has 0 aliphatic rings. The fraction of sp³-hybridized carbons (Fsp3) is 0.111. The van der Waals surface area contributed by atoms with Crippen LogP contribution in [-0.4, -0.2) is 25.5 Å². The van der Waals surface area contributed by atoms with Crippen molar-refractivity contribution in [2.45, 2.75) is 11.4 Å². The molecule has 6 nitrogen and oxygen atoms in total. The quantitative estimate of drug-likeness (QED) is 0.719. The molecule has 2 heterocycles. The van der Waals surface area contributed by atoms with Gasteiger partial charge in [-0.2, -0.15) is 0 Å². The van der Waals surface area contributed by atoms with E-state index in [-0.39, 0.29) is 17.2 Å². The van der Waals surface area contributed by atoms with Crippen molar-refractivity contribution in [2.75, 3.05) is 7.11 Å². The predicted molar refractivity (Wildman–Crippen MR) is 94.4 cm³/mol. The third-order valence-corrected chi connectivity index (χ3v) is 5.09. The summed E-state index contributed by atoms with van der Waals surface area (Å²) in [6, 6.07) is 10.6. The summed E-state index contributed by atoms with van der Waals surface area (Å²) in [5.74, 6) is -0.586. The first kappa shape index (κ1) is 18.0. The van der Waals surface area contributed by atoms with E-state index in [4.69, 9.17) is 4.74 Å². The maximum absolute atomic E-state index is 13.4. The Labute approximate surface area is 150 Å². The fourth-order valence-corrected chi connectivity index (χ4v) is 3.53. The Kier molecular flexibility index (Phi) is 5.24. The minimum Gasteiger partial charge on any atom is -0.495 e. The second-order valence-electron chi connectivity index (χ2n) is 5.41. The highest BCUT2D eigenvalue weighted by Crippen LogP contribution is 2.24. The monoisotopic (exact) mass is 373 g/mol. The molecule has 134 valence electrons. The fourth-order valence-electron chi connectivity index (χ4n) is 2.33. The molecule has 0 amide bonds. The number of nitrogens with zero attached hydrogens (tertiary/aromatic N) is 2. The van der Waals surface area contributed by atoms with Crippen molar-refractivity contribution in [1.29, 1.82) is 0 Å². The number of rotatable bonds is 6. The highest BCUT2D eigenvalue weighted by molar-refractivity contribution is 7.89. The van der Waals surface area contributed by atoms with E-state index in [1.54, 1.807) is 30.7 Å². The molecule has 0 fully saturated rings. The van der Waals surface area contributed by atoms with Crippen molar-refractivity contribution in [3.63, 3.8) is 0 Å². The van der Waals surface area contributed by atoms with Crippen molar-refractivity contribution in [2.24, 2.45) is 0 Å². The topological polar surface area (TPSA) is 81.2 Å². The third-order valence-electron chi connectivity index (χ3n) is 3.66. The molecule has 0 bridgehead atoms. The number of ether oxygens (including phenoxy) is 1. The zero-order valence-electron chi connectivity index (χ0n) is 13.9. The molecule has 0 aliphatic carbocycles. The molecule has 3 rings (SSSR count). The van der Waals surface area contributed by atoms with Gasteiger partial charge in [0, 0.05) is 30.7 Å².